The summed E-state index contributed by atoms with van der Waals surface area (Å²) in [4.78, 5) is 35.9. The van der Waals surface area contributed by atoms with Gasteiger partial charge in [0.25, 0.3) is 0 Å². The highest BCUT2D eigenvalue weighted by Crippen LogP contribution is 2.11. The molecule has 0 aliphatic carbocycles. The van der Waals surface area contributed by atoms with Crippen LogP contribution in [0.1, 0.15) is 13.8 Å². The molecular weight excluding hydrogens is 284 g/mol. The Bertz CT molecular complexity index is 760. The highest BCUT2D eigenvalue weighted by molar-refractivity contribution is 5.87. The van der Waals surface area contributed by atoms with E-state index in [-0.39, 0.29) is 24.0 Å². The SMILES string of the molecule is CCNC(=O)C(C)NC(=O)Cn1c(=O)n(C)c2ccccc21. The third-order valence-corrected chi connectivity index (χ3v) is 3.48. The molecular formula is C15H20N4O3. The van der Waals surface area contributed by atoms with Gasteiger partial charge in [-0.15, -0.1) is 0 Å². The predicted octanol–water partition coefficient (Wildman–Crippen LogP) is -0.0192. The molecule has 7 nitrogen and oxygen atoms in total. The van der Waals surface area contributed by atoms with E-state index in [1.165, 1.54) is 9.13 Å². The molecule has 0 radical (unpaired) electrons. The molecule has 1 atom stereocenters. The number of aromatic nitrogens is 2. The molecule has 0 spiro atoms. The van der Waals surface area contributed by atoms with Gasteiger partial charge in [-0.1, -0.05) is 12.1 Å². The monoisotopic (exact) mass is 304 g/mol. The zero-order chi connectivity index (χ0) is 16.3. The number of imidazole rings is 1. The number of nitrogens with one attached hydrogen (secondary N) is 2. The zero-order valence-corrected chi connectivity index (χ0v) is 12.9. The number of benzene rings is 1. The van der Waals surface area contributed by atoms with E-state index in [1.54, 1.807) is 20.0 Å². The maximum Gasteiger partial charge on any atom is 0.329 e. The Labute approximate surface area is 127 Å². The van der Waals surface area contributed by atoms with Crippen molar-refractivity contribution in [1.29, 1.82) is 0 Å². The van der Waals surface area contributed by atoms with Crippen LogP contribution in [0.3, 0.4) is 0 Å². The molecule has 0 bridgehead atoms. The molecule has 1 unspecified atom stereocenters. The first-order valence-corrected chi connectivity index (χ1v) is 7.17. The second-order valence-corrected chi connectivity index (χ2v) is 5.10. The van der Waals surface area contributed by atoms with Crippen molar-refractivity contribution in [3.8, 4) is 0 Å². The van der Waals surface area contributed by atoms with E-state index in [0.717, 1.165) is 5.52 Å². The Hall–Kier alpha value is -2.57. The van der Waals surface area contributed by atoms with Crippen LogP contribution >= 0.6 is 0 Å². The third kappa shape index (κ3) is 3.03. The predicted molar refractivity (Wildman–Crippen MR) is 83.5 cm³/mol. The summed E-state index contributed by atoms with van der Waals surface area (Å²) in [6, 6.07) is 6.62. The fourth-order valence-electron chi connectivity index (χ4n) is 2.34. The summed E-state index contributed by atoms with van der Waals surface area (Å²) in [6.45, 7) is 3.79. The lowest BCUT2D eigenvalue weighted by Gasteiger charge is -2.13. The van der Waals surface area contributed by atoms with Crippen LogP contribution in [0.15, 0.2) is 29.1 Å². The summed E-state index contributed by atoms with van der Waals surface area (Å²) in [6.07, 6.45) is 0. The number of amides is 2. The maximum atomic E-state index is 12.2. The van der Waals surface area contributed by atoms with E-state index in [9.17, 15) is 14.4 Å². The zero-order valence-electron chi connectivity index (χ0n) is 12.9. The molecule has 118 valence electrons. The van der Waals surface area contributed by atoms with Crippen LogP contribution in [0.4, 0.5) is 0 Å². The normalized spacial score (nSPS) is 12.1. The summed E-state index contributed by atoms with van der Waals surface area (Å²) >= 11 is 0. The largest absolute Gasteiger partial charge is 0.355 e. The van der Waals surface area contributed by atoms with E-state index in [0.29, 0.717) is 12.1 Å². The summed E-state index contributed by atoms with van der Waals surface area (Å²) in [5, 5.41) is 5.23. The average Bonchev–Trinajstić information content (AvgIpc) is 2.73. The Morgan fingerprint density at radius 3 is 2.50 bits per heavy atom. The molecule has 2 aromatic rings. The van der Waals surface area contributed by atoms with Crippen molar-refractivity contribution in [3.05, 3.63) is 34.7 Å². The fourth-order valence-corrected chi connectivity index (χ4v) is 2.34. The minimum atomic E-state index is -0.641. The van der Waals surface area contributed by atoms with Gasteiger partial charge in [0.2, 0.25) is 11.8 Å². The van der Waals surface area contributed by atoms with Crippen LogP contribution in [-0.2, 0) is 23.2 Å². The van der Waals surface area contributed by atoms with Crippen molar-refractivity contribution >= 4 is 22.8 Å². The van der Waals surface area contributed by atoms with Gasteiger partial charge in [0.15, 0.2) is 0 Å². The van der Waals surface area contributed by atoms with E-state index in [4.69, 9.17) is 0 Å². The number of carbonyl (C=O) groups excluding carboxylic acids is 2. The highest BCUT2D eigenvalue weighted by atomic mass is 16.2. The summed E-state index contributed by atoms with van der Waals surface area (Å²) in [5.74, 6) is -0.627. The lowest BCUT2D eigenvalue weighted by Crippen LogP contribution is -2.46. The second-order valence-electron chi connectivity index (χ2n) is 5.10. The standard InChI is InChI=1S/C15H20N4O3/c1-4-16-14(21)10(2)17-13(20)9-19-12-8-6-5-7-11(12)18(3)15(19)22/h5-8,10H,4,9H2,1-3H3,(H,16,21)(H,17,20). The molecule has 7 heteroatoms. The first-order chi connectivity index (χ1) is 10.5. The van der Waals surface area contributed by atoms with Crippen LogP contribution in [0.2, 0.25) is 0 Å². The molecule has 0 saturated heterocycles. The summed E-state index contributed by atoms with van der Waals surface area (Å²) in [5.41, 5.74) is 1.19. The van der Waals surface area contributed by atoms with Gasteiger partial charge in [0.1, 0.15) is 12.6 Å². The van der Waals surface area contributed by atoms with Crippen molar-refractivity contribution in [1.82, 2.24) is 19.8 Å². The Kier molecular flexibility index (Phi) is 4.65. The first-order valence-electron chi connectivity index (χ1n) is 7.17. The van der Waals surface area contributed by atoms with Gasteiger partial charge in [-0.25, -0.2) is 4.79 Å². The molecule has 1 aromatic carbocycles. The molecule has 0 aliphatic rings. The van der Waals surface area contributed by atoms with Crippen LogP contribution in [0, 0.1) is 0 Å². The molecule has 22 heavy (non-hydrogen) atoms. The van der Waals surface area contributed by atoms with Crippen LogP contribution in [0.25, 0.3) is 11.0 Å². The number of para-hydroxylation sites is 2. The minimum Gasteiger partial charge on any atom is -0.355 e. The van der Waals surface area contributed by atoms with Crippen LogP contribution in [-0.4, -0.2) is 33.5 Å². The molecule has 1 aromatic heterocycles. The Morgan fingerprint density at radius 1 is 1.23 bits per heavy atom. The maximum absolute atomic E-state index is 12.2. The molecule has 1 heterocycles. The molecule has 2 amide bonds. The lowest BCUT2D eigenvalue weighted by atomic mass is 10.3. The van der Waals surface area contributed by atoms with Gasteiger partial charge < -0.3 is 10.6 Å². The number of likely N-dealkylation sites (N-methyl/N-ethyl adjacent to an activating group) is 1. The van der Waals surface area contributed by atoms with E-state index >= 15 is 0 Å². The molecule has 2 rings (SSSR count). The van der Waals surface area contributed by atoms with E-state index in [2.05, 4.69) is 10.6 Å². The number of hydrogen-bond acceptors (Lipinski definition) is 3. The van der Waals surface area contributed by atoms with Gasteiger partial charge >= 0.3 is 5.69 Å². The quantitative estimate of drug-likeness (QED) is 0.814. The van der Waals surface area contributed by atoms with Crippen molar-refractivity contribution in [2.24, 2.45) is 7.05 Å². The highest BCUT2D eigenvalue weighted by Gasteiger charge is 2.17. The smallest absolute Gasteiger partial charge is 0.329 e. The molecule has 0 aliphatic heterocycles. The second kappa shape index (κ2) is 6.46. The lowest BCUT2D eigenvalue weighted by molar-refractivity contribution is -0.128. The van der Waals surface area contributed by atoms with Gasteiger partial charge in [-0.3, -0.25) is 18.7 Å². The molecule has 2 N–H and O–H groups in total. The average molecular weight is 304 g/mol. The fraction of sp³-hybridized carbons (Fsp3) is 0.400. The van der Waals surface area contributed by atoms with Crippen molar-refractivity contribution in [3.63, 3.8) is 0 Å². The first kappa shape index (κ1) is 15.8. The number of fused-ring (bicyclic) bond motifs is 1. The topological polar surface area (TPSA) is 85.1 Å². The van der Waals surface area contributed by atoms with Crippen molar-refractivity contribution < 1.29 is 9.59 Å². The number of aryl methyl sites for hydroxylation is 1. The van der Waals surface area contributed by atoms with E-state index < -0.39 is 6.04 Å². The third-order valence-electron chi connectivity index (χ3n) is 3.48. The summed E-state index contributed by atoms with van der Waals surface area (Å²) in [7, 11) is 1.66. The van der Waals surface area contributed by atoms with Gasteiger partial charge in [-0.2, -0.15) is 0 Å². The van der Waals surface area contributed by atoms with Crippen LogP contribution < -0.4 is 16.3 Å². The van der Waals surface area contributed by atoms with Gasteiger partial charge in [0, 0.05) is 13.6 Å². The number of nitrogens with zero attached hydrogens (tertiary/aromatic N) is 2. The minimum absolute atomic E-state index is 0.121. The van der Waals surface area contributed by atoms with E-state index in [1.807, 2.05) is 25.1 Å². The molecule has 0 saturated carbocycles. The van der Waals surface area contributed by atoms with Gasteiger partial charge in [-0.05, 0) is 26.0 Å². The number of rotatable bonds is 5. The molecule has 0 fully saturated rings. The Morgan fingerprint density at radius 2 is 1.86 bits per heavy atom. The number of hydrogen-bond donors (Lipinski definition) is 2. The van der Waals surface area contributed by atoms with Gasteiger partial charge in [0.05, 0.1) is 11.0 Å². The van der Waals surface area contributed by atoms with Crippen LogP contribution in [0.5, 0.6) is 0 Å². The number of carbonyl (C=O) groups is 2. The summed E-state index contributed by atoms with van der Waals surface area (Å²) < 4.78 is 2.89. The van der Waals surface area contributed by atoms with Crippen molar-refractivity contribution in [2.75, 3.05) is 6.54 Å². The Balaban J connectivity index is 2.18. The van der Waals surface area contributed by atoms with Crippen molar-refractivity contribution in [2.45, 2.75) is 26.4 Å².